The minimum atomic E-state index is -1.38. The molecular weight excluding hydrogens is 520 g/mol. The molecule has 1 saturated heterocycles. The lowest BCUT2D eigenvalue weighted by molar-refractivity contribution is -0.116. The Balaban J connectivity index is 1.48. The number of nitrogens with one attached hydrogen (secondary N) is 2. The maximum atomic E-state index is 14.0. The van der Waals surface area contributed by atoms with Gasteiger partial charge in [-0.2, -0.15) is 0 Å². The number of hydrogen-bond acceptors (Lipinski definition) is 7. The number of carbonyl (C=O) groups is 3. The van der Waals surface area contributed by atoms with Crippen LogP contribution in [0.2, 0.25) is 0 Å². The van der Waals surface area contributed by atoms with E-state index in [0.29, 0.717) is 23.6 Å². The summed E-state index contributed by atoms with van der Waals surface area (Å²) >= 11 is 0. The number of aromatic hydroxyl groups is 1. The summed E-state index contributed by atoms with van der Waals surface area (Å²) in [6.45, 7) is 7.96. The summed E-state index contributed by atoms with van der Waals surface area (Å²) in [6, 6.07) is 5.31. The van der Waals surface area contributed by atoms with Crippen molar-refractivity contribution in [2.24, 2.45) is 11.8 Å². The van der Waals surface area contributed by atoms with Gasteiger partial charge in [0, 0.05) is 28.8 Å². The zero-order valence-electron chi connectivity index (χ0n) is 23.2. The Labute approximate surface area is 238 Å². The molecule has 208 valence electrons. The van der Waals surface area contributed by atoms with Crippen molar-refractivity contribution in [3.05, 3.63) is 64.2 Å². The van der Waals surface area contributed by atoms with Gasteiger partial charge in [-0.15, -0.1) is 0 Å². The highest BCUT2D eigenvalue weighted by Gasteiger charge is 2.81. The number of phenols is 1. The molecule has 2 aromatic rings. The van der Waals surface area contributed by atoms with Crippen molar-refractivity contribution in [1.29, 1.82) is 0 Å². The van der Waals surface area contributed by atoms with Gasteiger partial charge in [0.2, 0.25) is 5.91 Å². The summed E-state index contributed by atoms with van der Waals surface area (Å²) in [4.78, 5) is 40.2. The first-order valence-corrected chi connectivity index (χ1v) is 13.8. The molecule has 1 amide bonds. The van der Waals surface area contributed by atoms with E-state index in [1.54, 1.807) is 18.2 Å². The van der Waals surface area contributed by atoms with Crippen LogP contribution in [0, 0.1) is 35.5 Å². The number of amides is 1. The van der Waals surface area contributed by atoms with Crippen LogP contribution in [0.1, 0.15) is 77.9 Å². The highest BCUT2D eigenvalue weighted by molar-refractivity contribution is 6.31. The Kier molecular flexibility index (Phi) is 6.11. The van der Waals surface area contributed by atoms with Gasteiger partial charge in [0.05, 0.1) is 16.8 Å². The number of epoxide rings is 1. The van der Waals surface area contributed by atoms with Crippen molar-refractivity contribution >= 4 is 28.8 Å². The molecule has 4 atom stereocenters. The first kappa shape index (κ1) is 26.8. The summed E-state index contributed by atoms with van der Waals surface area (Å²) in [6.07, 6.45) is 2.88. The number of aliphatic hydroxyl groups is 1. The highest BCUT2D eigenvalue weighted by atomic mass is 16.6. The summed E-state index contributed by atoms with van der Waals surface area (Å²) in [5, 5.41) is 28.7. The topological polar surface area (TPSA) is 128 Å². The molecule has 41 heavy (non-hydrogen) atoms. The fraction of sp³-hybridized carbons (Fsp3) is 0.364. The lowest BCUT2D eigenvalue weighted by atomic mass is 9.67. The number of phenolic OH excluding ortho intramolecular Hbond substituents is 1. The van der Waals surface area contributed by atoms with Crippen LogP contribution in [0.15, 0.2) is 36.4 Å². The number of anilines is 2. The van der Waals surface area contributed by atoms with Crippen molar-refractivity contribution < 1.29 is 29.3 Å². The molecule has 4 N–H and O–H groups in total. The van der Waals surface area contributed by atoms with Crippen LogP contribution < -0.4 is 10.6 Å². The molecule has 8 nitrogen and oxygen atoms in total. The molecule has 0 unspecified atom stereocenters. The van der Waals surface area contributed by atoms with Gasteiger partial charge in [-0.05, 0) is 54.7 Å². The van der Waals surface area contributed by atoms with E-state index in [0.717, 1.165) is 6.42 Å². The first-order valence-electron chi connectivity index (χ1n) is 13.8. The molecule has 2 aliphatic carbocycles. The molecule has 2 aliphatic heterocycles. The molecule has 0 saturated carbocycles. The highest BCUT2D eigenvalue weighted by Crippen LogP contribution is 2.68. The van der Waals surface area contributed by atoms with E-state index in [1.165, 1.54) is 18.2 Å². The van der Waals surface area contributed by atoms with Gasteiger partial charge in [0.25, 0.3) is 0 Å². The van der Waals surface area contributed by atoms with Crippen LogP contribution in [-0.4, -0.2) is 45.4 Å². The number of rotatable bonds is 5. The van der Waals surface area contributed by atoms with Gasteiger partial charge in [0.15, 0.2) is 23.3 Å². The lowest BCUT2D eigenvalue weighted by Crippen LogP contribution is -2.52. The van der Waals surface area contributed by atoms with E-state index in [2.05, 4.69) is 34.3 Å². The second kappa shape index (κ2) is 9.34. The second-order valence-electron chi connectivity index (χ2n) is 11.6. The average Bonchev–Trinajstić information content (AvgIpc) is 3.66. The third-order valence-corrected chi connectivity index (χ3v) is 8.43. The number of aliphatic hydroxyl groups excluding tert-OH is 1. The lowest BCUT2D eigenvalue weighted by Gasteiger charge is -2.38. The summed E-state index contributed by atoms with van der Waals surface area (Å²) in [7, 11) is 0. The zero-order valence-corrected chi connectivity index (χ0v) is 23.2. The Morgan fingerprint density at radius 2 is 1.76 bits per heavy atom. The van der Waals surface area contributed by atoms with E-state index in [9.17, 15) is 24.6 Å². The van der Waals surface area contributed by atoms with Gasteiger partial charge in [-0.3, -0.25) is 14.4 Å². The smallest absolute Gasteiger partial charge is 0.224 e. The summed E-state index contributed by atoms with van der Waals surface area (Å²) < 4.78 is 6.42. The van der Waals surface area contributed by atoms with Gasteiger partial charge < -0.3 is 25.6 Å². The Hall–Kier alpha value is -4.37. The summed E-state index contributed by atoms with van der Waals surface area (Å²) in [5.41, 5.74) is -1.25. The number of ketones is 2. The fourth-order valence-corrected chi connectivity index (χ4v) is 6.40. The molecule has 8 heteroatoms. The first-order chi connectivity index (χ1) is 19.5. The van der Waals surface area contributed by atoms with E-state index in [4.69, 9.17) is 4.74 Å². The van der Waals surface area contributed by atoms with Crippen LogP contribution in [0.4, 0.5) is 11.4 Å². The van der Waals surface area contributed by atoms with E-state index in [1.807, 2.05) is 27.7 Å². The molecule has 0 radical (unpaired) electrons. The van der Waals surface area contributed by atoms with Crippen LogP contribution in [0.25, 0.3) is 0 Å². The largest absolute Gasteiger partial charge is 0.507 e. The van der Waals surface area contributed by atoms with Crippen molar-refractivity contribution in [1.82, 2.24) is 0 Å². The standard InChI is InChI=1S/C33H30N2O6/c1-17(2)11-14-26(38)34-19-12-13-20-21(15-19)31(40)27-23(36)16-22-29(28(27)30(20)39)35-24-9-7-5-6-8-10-25(37)33(22)32(24,41-33)18(3)4/h5-6,12-13,15-18,24-25,35-37H,11,14H2,1-4H3,(H,34,38)/b6-5-/t24-,25+,32-,33-/m0/s1. The summed E-state index contributed by atoms with van der Waals surface area (Å²) in [5.74, 6) is 10.3. The third-order valence-electron chi connectivity index (χ3n) is 8.43. The Bertz CT molecular complexity index is 1700. The molecule has 0 spiro atoms. The van der Waals surface area contributed by atoms with Gasteiger partial charge in [-0.25, -0.2) is 0 Å². The molecule has 1 fully saturated rings. The number of benzene rings is 2. The third kappa shape index (κ3) is 3.75. The van der Waals surface area contributed by atoms with Gasteiger partial charge in [-0.1, -0.05) is 51.4 Å². The monoisotopic (exact) mass is 550 g/mol. The van der Waals surface area contributed by atoms with E-state index >= 15 is 0 Å². The van der Waals surface area contributed by atoms with Crippen molar-refractivity contribution in [2.75, 3.05) is 10.6 Å². The van der Waals surface area contributed by atoms with Crippen LogP contribution >= 0.6 is 0 Å². The van der Waals surface area contributed by atoms with Crippen molar-refractivity contribution in [2.45, 2.75) is 63.9 Å². The Morgan fingerprint density at radius 3 is 2.46 bits per heavy atom. The quantitative estimate of drug-likeness (QED) is 0.216. The minimum Gasteiger partial charge on any atom is -0.507 e. The van der Waals surface area contributed by atoms with Crippen LogP contribution in [0.5, 0.6) is 5.75 Å². The molecule has 2 bridgehead atoms. The maximum absolute atomic E-state index is 14.0. The normalized spacial score (nSPS) is 27.1. The minimum absolute atomic E-state index is 0.00184. The zero-order chi connectivity index (χ0) is 29.3. The number of fused-ring (bicyclic) bond motifs is 4. The van der Waals surface area contributed by atoms with Gasteiger partial charge in [0.1, 0.15) is 17.4 Å². The molecule has 6 rings (SSSR count). The van der Waals surface area contributed by atoms with E-state index < -0.39 is 40.7 Å². The SMILES string of the molecule is CC(C)CCC(=O)Nc1ccc2c(c1)C(=O)c1c(O)cc3c(c1C2=O)N[C@H]1C#C/C=C\C#C[C@@H](O)[C@@]32O[C@@]12C(C)C. The number of hydrogen-bond donors (Lipinski definition) is 4. The number of allylic oxidation sites excluding steroid dienone is 2. The maximum Gasteiger partial charge on any atom is 0.224 e. The fourth-order valence-electron chi connectivity index (χ4n) is 6.40. The number of ether oxygens (including phenoxy) is 1. The predicted molar refractivity (Wildman–Crippen MR) is 153 cm³/mol. The van der Waals surface area contributed by atoms with Crippen LogP contribution in [-0.2, 0) is 15.1 Å². The molecule has 0 aromatic heterocycles. The second-order valence-corrected chi connectivity index (χ2v) is 11.6. The van der Waals surface area contributed by atoms with Crippen molar-refractivity contribution in [3.63, 3.8) is 0 Å². The van der Waals surface area contributed by atoms with Crippen LogP contribution in [0.3, 0.4) is 0 Å². The Morgan fingerprint density at radius 1 is 1.05 bits per heavy atom. The molecular formula is C33H30N2O6. The van der Waals surface area contributed by atoms with Gasteiger partial charge >= 0.3 is 0 Å². The molecule has 2 heterocycles. The predicted octanol–water partition coefficient (Wildman–Crippen LogP) is 3.89. The average molecular weight is 551 g/mol. The molecule has 4 aliphatic rings. The van der Waals surface area contributed by atoms with E-state index in [-0.39, 0.29) is 39.8 Å². The number of carbonyl (C=O) groups excluding carboxylic acids is 3. The van der Waals surface area contributed by atoms with Crippen molar-refractivity contribution in [3.8, 4) is 29.4 Å². The molecule has 2 aromatic carbocycles.